The van der Waals surface area contributed by atoms with E-state index in [0.29, 0.717) is 25.0 Å². The molecule has 1 aliphatic carbocycles. The summed E-state index contributed by atoms with van der Waals surface area (Å²) in [6.07, 6.45) is 1.32. The van der Waals surface area contributed by atoms with Crippen LogP contribution in [0.15, 0.2) is 0 Å². The highest BCUT2D eigenvalue weighted by Crippen LogP contribution is 2.31. The van der Waals surface area contributed by atoms with Gasteiger partial charge in [0.05, 0.1) is 11.2 Å². The summed E-state index contributed by atoms with van der Waals surface area (Å²) in [5.41, 5.74) is 0. The van der Waals surface area contributed by atoms with Crippen molar-refractivity contribution in [3.8, 4) is 0 Å². The first-order valence-electron chi connectivity index (χ1n) is 6.53. The van der Waals surface area contributed by atoms with Crippen molar-refractivity contribution in [3.63, 3.8) is 0 Å². The van der Waals surface area contributed by atoms with Crippen LogP contribution in [0, 0.1) is 5.92 Å². The fourth-order valence-corrected chi connectivity index (χ4v) is 3.37. The number of carbonyl (C=O) groups excluding carboxylic acids is 2. The van der Waals surface area contributed by atoms with Crippen LogP contribution in [0.4, 0.5) is 0 Å². The average Bonchev–Trinajstić information content (AvgIpc) is 2.61. The highest BCUT2D eigenvalue weighted by molar-refractivity contribution is 8.00. The van der Waals surface area contributed by atoms with Crippen molar-refractivity contribution in [2.45, 2.75) is 43.8 Å². The Morgan fingerprint density at radius 2 is 1.70 bits per heavy atom. The Morgan fingerprint density at radius 1 is 1.10 bits per heavy atom. The van der Waals surface area contributed by atoms with E-state index in [1.54, 1.807) is 0 Å². The smallest absolute Gasteiger partial charge is 0.303 e. The van der Waals surface area contributed by atoms with Crippen molar-refractivity contribution < 1.29 is 29.4 Å². The molecule has 0 spiro atoms. The first kappa shape index (κ1) is 16.7. The average molecular weight is 302 g/mol. The van der Waals surface area contributed by atoms with Crippen LogP contribution >= 0.6 is 11.8 Å². The molecule has 2 atom stereocenters. The molecule has 7 heteroatoms. The number of aliphatic carboxylic acids is 2. The Hall–Kier alpha value is -1.37. The largest absolute Gasteiger partial charge is 0.481 e. The molecule has 0 aromatic heterocycles. The van der Waals surface area contributed by atoms with Crippen LogP contribution in [0.5, 0.6) is 0 Å². The van der Waals surface area contributed by atoms with Gasteiger partial charge in [0.15, 0.2) is 5.78 Å². The van der Waals surface area contributed by atoms with E-state index >= 15 is 0 Å². The van der Waals surface area contributed by atoms with Crippen molar-refractivity contribution in [3.05, 3.63) is 0 Å². The van der Waals surface area contributed by atoms with Crippen molar-refractivity contribution in [1.29, 1.82) is 0 Å². The van der Waals surface area contributed by atoms with Crippen LogP contribution in [0.3, 0.4) is 0 Å². The molecule has 20 heavy (non-hydrogen) atoms. The van der Waals surface area contributed by atoms with Crippen molar-refractivity contribution >= 4 is 35.3 Å². The number of ketones is 2. The Balaban J connectivity index is 2.34. The topological polar surface area (TPSA) is 109 Å². The number of hydrogen-bond acceptors (Lipinski definition) is 5. The molecule has 0 aromatic rings. The minimum atomic E-state index is -0.928. The third-order valence-corrected chi connectivity index (χ3v) is 4.50. The summed E-state index contributed by atoms with van der Waals surface area (Å²) in [7, 11) is 0. The number of hydrogen-bond donors (Lipinski definition) is 2. The molecule has 0 heterocycles. The van der Waals surface area contributed by atoms with Crippen molar-refractivity contribution in [1.82, 2.24) is 0 Å². The van der Waals surface area contributed by atoms with Gasteiger partial charge in [-0.15, -0.1) is 0 Å². The van der Waals surface area contributed by atoms with Crippen LogP contribution in [-0.2, 0) is 19.2 Å². The molecule has 112 valence electrons. The first-order valence-corrected chi connectivity index (χ1v) is 7.58. The number of carboxylic acid groups (broad SMARTS) is 2. The third kappa shape index (κ3) is 5.32. The zero-order chi connectivity index (χ0) is 15.1. The van der Waals surface area contributed by atoms with E-state index in [2.05, 4.69) is 0 Å². The summed E-state index contributed by atoms with van der Waals surface area (Å²) in [6.45, 7) is 0. The van der Waals surface area contributed by atoms with Crippen LogP contribution in [-0.4, -0.2) is 44.7 Å². The van der Waals surface area contributed by atoms with Crippen LogP contribution < -0.4 is 0 Å². The number of carbonyl (C=O) groups is 4. The molecule has 2 N–H and O–H groups in total. The zero-order valence-electron chi connectivity index (χ0n) is 11.0. The second-order valence-electron chi connectivity index (χ2n) is 4.77. The standard InChI is InChI=1S/C13H18O6S/c14-9-7-10(20-6-2-5-12(17)18)13(19)8(9)3-1-4-11(15)16/h8,10H,1-7H2,(H,15,16)(H,17,18). The summed E-state index contributed by atoms with van der Waals surface area (Å²) in [5, 5.41) is 16.7. The fraction of sp³-hybridized carbons (Fsp3) is 0.692. The van der Waals surface area contributed by atoms with E-state index in [9.17, 15) is 19.2 Å². The first-order chi connectivity index (χ1) is 9.41. The lowest BCUT2D eigenvalue weighted by Crippen LogP contribution is -2.19. The molecule has 0 saturated heterocycles. The molecule has 0 radical (unpaired) electrons. The summed E-state index contributed by atoms with van der Waals surface area (Å²) < 4.78 is 0. The van der Waals surface area contributed by atoms with Gasteiger partial charge in [-0.2, -0.15) is 11.8 Å². The summed E-state index contributed by atoms with van der Waals surface area (Å²) in [6, 6.07) is 0. The molecular formula is C13H18O6S. The Bertz CT molecular complexity index is 406. The Kier molecular flexibility index (Phi) is 6.70. The van der Waals surface area contributed by atoms with E-state index in [1.165, 1.54) is 11.8 Å². The lowest BCUT2D eigenvalue weighted by molar-refractivity contribution is -0.138. The van der Waals surface area contributed by atoms with E-state index < -0.39 is 17.9 Å². The second kappa shape index (κ2) is 8.04. The minimum Gasteiger partial charge on any atom is -0.481 e. The Labute approximate surface area is 120 Å². The maximum Gasteiger partial charge on any atom is 0.303 e. The highest BCUT2D eigenvalue weighted by Gasteiger charge is 2.40. The minimum absolute atomic E-state index is 0.0342. The number of Topliss-reactive ketones (excluding diaryl/α,β-unsaturated/α-hetero) is 2. The molecule has 2 unspecified atom stereocenters. The third-order valence-electron chi connectivity index (χ3n) is 3.17. The van der Waals surface area contributed by atoms with Crippen LogP contribution in [0.2, 0.25) is 0 Å². The van der Waals surface area contributed by atoms with Gasteiger partial charge in [-0.3, -0.25) is 19.2 Å². The van der Waals surface area contributed by atoms with Gasteiger partial charge in [-0.25, -0.2) is 0 Å². The molecule has 6 nitrogen and oxygen atoms in total. The fourth-order valence-electron chi connectivity index (χ4n) is 2.16. The van der Waals surface area contributed by atoms with E-state index in [1.807, 2.05) is 0 Å². The van der Waals surface area contributed by atoms with Gasteiger partial charge < -0.3 is 10.2 Å². The molecule has 1 aliphatic rings. The highest BCUT2D eigenvalue weighted by atomic mass is 32.2. The summed E-state index contributed by atoms with van der Waals surface area (Å²) in [5.74, 6) is -2.16. The molecule has 1 fully saturated rings. The van der Waals surface area contributed by atoms with E-state index in [-0.39, 0.29) is 36.1 Å². The lowest BCUT2D eigenvalue weighted by Gasteiger charge is -2.08. The molecular weight excluding hydrogens is 284 g/mol. The number of rotatable bonds is 9. The SMILES string of the molecule is O=C(O)CCCSC1CC(=O)C(CCCC(=O)O)C1=O. The van der Waals surface area contributed by atoms with E-state index in [0.717, 1.165) is 0 Å². The predicted molar refractivity (Wildman–Crippen MR) is 72.7 cm³/mol. The number of carboxylic acids is 2. The van der Waals surface area contributed by atoms with Gasteiger partial charge >= 0.3 is 11.9 Å². The summed E-state index contributed by atoms with van der Waals surface area (Å²) >= 11 is 1.33. The van der Waals surface area contributed by atoms with Gasteiger partial charge in [-0.05, 0) is 25.0 Å². The lowest BCUT2D eigenvalue weighted by atomic mass is 9.99. The maximum atomic E-state index is 12.0. The zero-order valence-corrected chi connectivity index (χ0v) is 11.9. The van der Waals surface area contributed by atoms with Gasteiger partial charge in [0.25, 0.3) is 0 Å². The van der Waals surface area contributed by atoms with E-state index in [4.69, 9.17) is 10.2 Å². The van der Waals surface area contributed by atoms with Gasteiger partial charge in [0, 0.05) is 19.3 Å². The maximum absolute atomic E-state index is 12.0. The van der Waals surface area contributed by atoms with Gasteiger partial charge in [0.1, 0.15) is 5.78 Å². The normalized spacial score (nSPS) is 22.2. The van der Waals surface area contributed by atoms with Crippen molar-refractivity contribution in [2.24, 2.45) is 5.92 Å². The monoisotopic (exact) mass is 302 g/mol. The predicted octanol–water partition coefficient (Wildman–Crippen LogP) is 1.37. The molecule has 0 aliphatic heterocycles. The van der Waals surface area contributed by atoms with Crippen LogP contribution in [0.25, 0.3) is 0 Å². The molecule has 0 aromatic carbocycles. The van der Waals surface area contributed by atoms with Crippen molar-refractivity contribution in [2.75, 3.05) is 5.75 Å². The molecule has 1 saturated carbocycles. The number of thioether (sulfide) groups is 1. The second-order valence-corrected chi connectivity index (χ2v) is 6.08. The van der Waals surface area contributed by atoms with Gasteiger partial charge in [0.2, 0.25) is 0 Å². The Morgan fingerprint density at radius 3 is 2.30 bits per heavy atom. The molecule has 0 bridgehead atoms. The van der Waals surface area contributed by atoms with Crippen LogP contribution in [0.1, 0.15) is 38.5 Å². The van der Waals surface area contributed by atoms with Gasteiger partial charge in [-0.1, -0.05) is 0 Å². The molecule has 1 rings (SSSR count). The summed E-state index contributed by atoms with van der Waals surface area (Å²) in [4.78, 5) is 44.5. The molecule has 0 amide bonds. The quantitative estimate of drug-likeness (QED) is 0.489.